The van der Waals surface area contributed by atoms with Crippen LogP contribution in [0.5, 0.6) is 0 Å². The first-order chi connectivity index (χ1) is 11.0. The molecule has 0 saturated carbocycles. The van der Waals surface area contributed by atoms with Crippen LogP contribution in [0.2, 0.25) is 0 Å². The highest BCUT2D eigenvalue weighted by atomic mass is 32.2. The van der Waals surface area contributed by atoms with Gasteiger partial charge in [-0.3, -0.25) is 0 Å². The fraction of sp³-hybridized carbons (Fsp3) is 0.700. The van der Waals surface area contributed by atoms with Crippen molar-refractivity contribution in [2.45, 2.75) is 71.6 Å². The second kappa shape index (κ2) is 6.80. The van der Waals surface area contributed by atoms with Crippen molar-refractivity contribution >= 4 is 10.0 Å². The van der Waals surface area contributed by atoms with Crippen LogP contribution in [-0.4, -0.2) is 25.8 Å². The van der Waals surface area contributed by atoms with E-state index in [-0.39, 0.29) is 10.8 Å². The lowest BCUT2D eigenvalue weighted by Crippen LogP contribution is -2.51. The van der Waals surface area contributed by atoms with Crippen molar-refractivity contribution < 1.29 is 8.42 Å². The highest BCUT2D eigenvalue weighted by Gasteiger charge is 2.43. The highest BCUT2D eigenvalue weighted by molar-refractivity contribution is 7.89. The van der Waals surface area contributed by atoms with Crippen LogP contribution in [0.15, 0.2) is 29.2 Å². The Morgan fingerprint density at radius 2 is 1.67 bits per heavy atom. The van der Waals surface area contributed by atoms with E-state index < -0.39 is 10.0 Å². The minimum Gasteiger partial charge on any atom is -0.207 e. The van der Waals surface area contributed by atoms with Crippen molar-refractivity contribution in [2.75, 3.05) is 13.1 Å². The van der Waals surface area contributed by atoms with Crippen molar-refractivity contribution in [3.8, 4) is 0 Å². The van der Waals surface area contributed by atoms with Crippen molar-refractivity contribution in [2.24, 2.45) is 10.8 Å². The van der Waals surface area contributed by atoms with Crippen LogP contribution in [0.25, 0.3) is 0 Å². The molecule has 1 aliphatic heterocycles. The lowest BCUT2D eigenvalue weighted by atomic mass is 9.69. The van der Waals surface area contributed by atoms with E-state index in [2.05, 4.69) is 41.5 Å². The molecule has 24 heavy (non-hydrogen) atoms. The summed E-state index contributed by atoms with van der Waals surface area (Å²) < 4.78 is 28.0. The zero-order valence-corrected chi connectivity index (χ0v) is 16.9. The van der Waals surface area contributed by atoms with Crippen molar-refractivity contribution in [1.29, 1.82) is 0 Å². The molecule has 0 radical (unpaired) electrons. The van der Waals surface area contributed by atoms with Gasteiger partial charge in [-0.15, -0.1) is 0 Å². The molecule has 0 spiro atoms. The van der Waals surface area contributed by atoms with E-state index in [0.29, 0.717) is 23.9 Å². The number of hydrogen-bond acceptors (Lipinski definition) is 2. The molecule has 1 aliphatic rings. The third-order valence-corrected chi connectivity index (χ3v) is 7.43. The molecular formula is C20H33NO2S. The Labute approximate surface area is 148 Å². The Morgan fingerprint density at radius 1 is 1.08 bits per heavy atom. The number of hydrogen-bond donors (Lipinski definition) is 0. The maximum absolute atomic E-state index is 13.2. The van der Waals surface area contributed by atoms with Gasteiger partial charge in [-0.25, -0.2) is 8.42 Å². The predicted octanol–water partition coefficient (Wildman–Crippen LogP) is 5.04. The van der Waals surface area contributed by atoms with Gasteiger partial charge in [0.05, 0.1) is 4.90 Å². The lowest BCUT2D eigenvalue weighted by Gasteiger charge is -2.47. The average Bonchev–Trinajstić information content (AvgIpc) is 2.52. The van der Waals surface area contributed by atoms with E-state index in [1.54, 1.807) is 16.4 Å². The van der Waals surface area contributed by atoms with Crippen LogP contribution in [0.4, 0.5) is 0 Å². The van der Waals surface area contributed by atoms with Gasteiger partial charge >= 0.3 is 0 Å². The van der Waals surface area contributed by atoms with Crippen LogP contribution >= 0.6 is 0 Å². The van der Waals surface area contributed by atoms with E-state index >= 15 is 0 Å². The van der Waals surface area contributed by atoms with Gasteiger partial charge < -0.3 is 0 Å². The maximum Gasteiger partial charge on any atom is 0.243 e. The Morgan fingerprint density at radius 3 is 2.17 bits per heavy atom. The summed E-state index contributed by atoms with van der Waals surface area (Å²) in [6.45, 7) is 14.2. The number of piperidine rings is 1. The smallest absolute Gasteiger partial charge is 0.207 e. The first kappa shape index (κ1) is 19.5. The number of benzene rings is 1. The minimum absolute atomic E-state index is 0.00669. The minimum atomic E-state index is -3.43. The molecule has 0 bridgehead atoms. The number of nitrogens with zero attached hydrogens (tertiary/aromatic N) is 1. The Balaban J connectivity index is 2.32. The van der Waals surface area contributed by atoms with Gasteiger partial charge in [-0.2, -0.15) is 4.31 Å². The number of sulfonamides is 1. The first-order valence-corrected chi connectivity index (χ1v) is 10.6. The molecule has 3 nitrogen and oxygen atoms in total. The summed E-state index contributed by atoms with van der Waals surface area (Å²) in [5.41, 5.74) is 1.26. The van der Waals surface area contributed by atoms with E-state index in [4.69, 9.17) is 0 Å². The predicted molar refractivity (Wildman–Crippen MR) is 101 cm³/mol. The molecule has 1 saturated heterocycles. The topological polar surface area (TPSA) is 37.4 Å². The third kappa shape index (κ3) is 4.02. The summed E-state index contributed by atoms with van der Waals surface area (Å²) in [7, 11) is -3.43. The van der Waals surface area contributed by atoms with Crippen LogP contribution in [-0.2, 0) is 10.0 Å². The average molecular weight is 352 g/mol. The van der Waals surface area contributed by atoms with Gasteiger partial charge in [0.25, 0.3) is 0 Å². The maximum atomic E-state index is 13.2. The van der Waals surface area contributed by atoms with Crippen LogP contribution in [0.3, 0.4) is 0 Å². The largest absolute Gasteiger partial charge is 0.243 e. The monoisotopic (exact) mass is 351 g/mol. The molecule has 2 unspecified atom stereocenters. The van der Waals surface area contributed by atoms with Crippen LogP contribution in [0, 0.1) is 10.8 Å². The van der Waals surface area contributed by atoms with Crippen molar-refractivity contribution in [1.82, 2.24) is 4.31 Å². The lowest BCUT2D eigenvalue weighted by molar-refractivity contribution is 0.0608. The Bertz CT molecular complexity index is 663. The van der Waals surface area contributed by atoms with Gasteiger partial charge in [0.2, 0.25) is 10.0 Å². The molecule has 1 aromatic rings. The zero-order valence-electron chi connectivity index (χ0n) is 16.1. The fourth-order valence-corrected chi connectivity index (χ4v) is 5.77. The molecule has 0 amide bonds. The molecule has 0 N–H and O–H groups in total. The van der Waals surface area contributed by atoms with E-state index in [1.807, 2.05) is 12.1 Å². The summed E-state index contributed by atoms with van der Waals surface area (Å²) in [5, 5.41) is 0. The summed E-state index contributed by atoms with van der Waals surface area (Å²) >= 11 is 0. The molecule has 1 heterocycles. The standard InChI is InChI=1S/C20H33NO2S/c1-7-16(3)17-9-11-18(12-10-17)24(22,23)21-14-19(4,5)13-20(6,8-2)15-21/h9-12,16H,7-8,13-15H2,1-6H3. The molecule has 2 rings (SSSR count). The van der Waals surface area contributed by atoms with Gasteiger partial charge in [-0.05, 0) is 53.7 Å². The molecule has 2 atom stereocenters. The van der Waals surface area contributed by atoms with Gasteiger partial charge in [0.1, 0.15) is 0 Å². The van der Waals surface area contributed by atoms with Crippen LogP contribution < -0.4 is 0 Å². The summed E-state index contributed by atoms with van der Waals surface area (Å²) in [5.74, 6) is 0.457. The molecule has 4 heteroatoms. The second-order valence-electron chi connectivity index (χ2n) is 8.66. The highest BCUT2D eigenvalue weighted by Crippen LogP contribution is 2.43. The molecule has 1 fully saturated rings. The fourth-order valence-electron chi connectivity index (χ4n) is 3.99. The molecular weight excluding hydrogens is 318 g/mol. The van der Waals surface area contributed by atoms with E-state index in [1.165, 1.54) is 5.56 Å². The van der Waals surface area contributed by atoms with Crippen molar-refractivity contribution in [3.05, 3.63) is 29.8 Å². The first-order valence-electron chi connectivity index (χ1n) is 9.13. The van der Waals surface area contributed by atoms with E-state index in [0.717, 1.165) is 19.3 Å². The van der Waals surface area contributed by atoms with Gasteiger partial charge in [0, 0.05) is 13.1 Å². The van der Waals surface area contributed by atoms with Crippen molar-refractivity contribution in [3.63, 3.8) is 0 Å². The summed E-state index contributed by atoms with van der Waals surface area (Å²) in [6.07, 6.45) is 3.12. The molecule has 0 aromatic heterocycles. The third-order valence-electron chi connectivity index (χ3n) is 5.62. The second-order valence-corrected chi connectivity index (χ2v) is 10.6. The molecule has 0 aliphatic carbocycles. The van der Waals surface area contributed by atoms with E-state index in [9.17, 15) is 8.42 Å². The van der Waals surface area contributed by atoms with Gasteiger partial charge in [0.15, 0.2) is 0 Å². The normalized spacial score (nSPS) is 26.2. The van der Waals surface area contributed by atoms with Gasteiger partial charge in [-0.1, -0.05) is 53.7 Å². The Kier molecular flexibility index (Phi) is 5.51. The zero-order chi connectivity index (χ0) is 18.2. The molecule has 136 valence electrons. The number of rotatable bonds is 5. The quantitative estimate of drug-likeness (QED) is 0.745. The SMILES string of the molecule is CCC(C)c1ccc(S(=O)(=O)N2CC(C)(C)CC(C)(CC)C2)cc1. The van der Waals surface area contributed by atoms with Crippen LogP contribution in [0.1, 0.15) is 72.3 Å². The molecule has 1 aromatic carbocycles. The summed E-state index contributed by atoms with van der Waals surface area (Å²) in [6, 6.07) is 7.49. The summed E-state index contributed by atoms with van der Waals surface area (Å²) in [4.78, 5) is 0.422. The Hall–Kier alpha value is -0.870.